The van der Waals surface area contributed by atoms with Gasteiger partial charge >= 0.3 is 11.9 Å². The van der Waals surface area contributed by atoms with Gasteiger partial charge in [-0.3, -0.25) is 9.59 Å². The van der Waals surface area contributed by atoms with Gasteiger partial charge in [0.05, 0.1) is 19.7 Å². The van der Waals surface area contributed by atoms with Crippen molar-refractivity contribution in [2.75, 3.05) is 19.7 Å². The van der Waals surface area contributed by atoms with Crippen LogP contribution in [0.2, 0.25) is 5.82 Å². The number of esters is 2. The fourth-order valence-electron chi connectivity index (χ4n) is 2.15. The summed E-state index contributed by atoms with van der Waals surface area (Å²) in [5.74, 6) is -0.351. The zero-order valence-electron chi connectivity index (χ0n) is 10.1. The molecule has 4 N–H and O–H groups in total. The molecule has 0 bridgehead atoms. The average molecular weight is 242 g/mol. The highest BCUT2D eigenvalue weighted by atomic mass is 16.6. The van der Waals surface area contributed by atoms with Gasteiger partial charge in [0.25, 0.3) is 0 Å². The fourth-order valence-corrected chi connectivity index (χ4v) is 2.15. The molecular formula is C10H19BN2O4. The Labute approximate surface area is 101 Å². The lowest BCUT2D eigenvalue weighted by atomic mass is 9.85. The Morgan fingerprint density at radius 1 is 1.18 bits per heavy atom. The first-order chi connectivity index (χ1) is 8.06. The normalized spacial score (nSPS) is 27.8. The van der Waals surface area contributed by atoms with Crippen LogP contribution in [0, 0.1) is 5.92 Å². The second kappa shape index (κ2) is 6.61. The Morgan fingerprint density at radius 3 is 2.41 bits per heavy atom. The predicted octanol–water partition coefficient (Wildman–Crippen LogP) is -1.81. The molecule has 0 aromatic rings. The van der Waals surface area contributed by atoms with E-state index in [0.717, 1.165) is 12.8 Å². The molecule has 0 unspecified atom stereocenters. The van der Waals surface area contributed by atoms with Crippen molar-refractivity contribution in [3.05, 3.63) is 0 Å². The molecule has 7 heteroatoms. The van der Waals surface area contributed by atoms with Crippen molar-refractivity contribution in [1.82, 2.24) is 0 Å². The van der Waals surface area contributed by atoms with Gasteiger partial charge in [-0.15, -0.1) is 0 Å². The van der Waals surface area contributed by atoms with Gasteiger partial charge in [-0.2, -0.15) is 0 Å². The third-order valence-electron chi connectivity index (χ3n) is 2.94. The van der Waals surface area contributed by atoms with Gasteiger partial charge in [0.2, 0.25) is 0 Å². The molecule has 0 radical (unpaired) electrons. The highest BCUT2D eigenvalue weighted by Crippen LogP contribution is 2.35. The quantitative estimate of drug-likeness (QED) is 0.435. The molecule has 1 saturated carbocycles. The summed E-state index contributed by atoms with van der Waals surface area (Å²) < 4.78 is 10.2. The fraction of sp³-hybridized carbons (Fsp3) is 0.800. The summed E-state index contributed by atoms with van der Waals surface area (Å²) in [6, 6.07) is 0. The van der Waals surface area contributed by atoms with E-state index < -0.39 is 11.9 Å². The first kappa shape index (κ1) is 14.0. The molecule has 0 aliphatic heterocycles. The van der Waals surface area contributed by atoms with E-state index in [1.165, 1.54) is 0 Å². The third-order valence-corrected chi connectivity index (χ3v) is 2.94. The van der Waals surface area contributed by atoms with Crippen LogP contribution in [0.15, 0.2) is 0 Å². The van der Waals surface area contributed by atoms with Gasteiger partial charge in [0, 0.05) is 5.92 Å². The number of hydrogen-bond donors (Lipinski definition) is 2. The lowest BCUT2D eigenvalue weighted by Crippen LogP contribution is -2.30. The molecular weight excluding hydrogens is 223 g/mol. The lowest BCUT2D eigenvalue weighted by Gasteiger charge is -2.19. The number of hydrogen-bond acceptors (Lipinski definition) is 6. The summed E-state index contributed by atoms with van der Waals surface area (Å²) in [6.45, 7) is -0.00138. The Kier molecular flexibility index (Phi) is 5.44. The van der Waals surface area contributed by atoms with Gasteiger partial charge < -0.3 is 20.9 Å². The Hall–Kier alpha value is -1.08. The van der Waals surface area contributed by atoms with Gasteiger partial charge in [-0.25, -0.2) is 0 Å². The molecule has 0 aromatic heterocycles. The lowest BCUT2D eigenvalue weighted by molar-refractivity contribution is -0.152. The van der Waals surface area contributed by atoms with E-state index in [9.17, 15) is 9.59 Å². The molecule has 6 nitrogen and oxygen atoms in total. The van der Waals surface area contributed by atoms with E-state index in [4.69, 9.17) is 20.9 Å². The highest BCUT2D eigenvalue weighted by molar-refractivity contribution is 6.11. The molecule has 1 aliphatic carbocycles. The molecule has 0 heterocycles. The molecule has 0 saturated heterocycles. The topological polar surface area (TPSA) is 105 Å². The van der Waals surface area contributed by atoms with Crippen LogP contribution in [0.4, 0.5) is 0 Å². The maximum atomic E-state index is 11.1. The molecule has 96 valence electrons. The van der Waals surface area contributed by atoms with E-state index >= 15 is 0 Å². The van der Waals surface area contributed by atoms with Crippen LogP contribution in [-0.4, -0.2) is 45.6 Å². The average Bonchev–Trinajstić information content (AvgIpc) is 2.66. The van der Waals surface area contributed by atoms with Crippen molar-refractivity contribution in [2.24, 2.45) is 17.4 Å². The zero-order chi connectivity index (χ0) is 12.8. The largest absolute Gasteiger partial charge is 0.464 e. The Bertz CT molecular complexity index is 287. The number of carbonyl (C=O) groups excluding carboxylic acids is 2. The van der Waals surface area contributed by atoms with Crippen molar-refractivity contribution in [3.63, 3.8) is 0 Å². The molecule has 0 amide bonds. The number of ether oxygens (including phenoxy) is 2. The minimum atomic E-state index is -0.437. The molecule has 1 fully saturated rings. The minimum Gasteiger partial charge on any atom is -0.464 e. The Balaban J connectivity index is 2.44. The van der Waals surface area contributed by atoms with Gasteiger partial charge in [-0.05, 0) is 12.8 Å². The summed E-state index contributed by atoms with van der Waals surface area (Å²) >= 11 is 0. The van der Waals surface area contributed by atoms with Crippen LogP contribution in [0.25, 0.3) is 0 Å². The van der Waals surface area contributed by atoms with Crippen molar-refractivity contribution in [1.29, 1.82) is 0 Å². The molecule has 0 aromatic carbocycles. The van der Waals surface area contributed by atoms with E-state index in [-0.39, 0.29) is 31.7 Å². The van der Waals surface area contributed by atoms with Crippen LogP contribution in [0.3, 0.4) is 0 Å². The van der Waals surface area contributed by atoms with Gasteiger partial charge in [0.15, 0.2) is 0 Å². The van der Waals surface area contributed by atoms with Crippen LogP contribution in [0.1, 0.15) is 12.8 Å². The zero-order valence-corrected chi connectivity index (χ0v) is 10.1. The molecule has 3 atom stereocenters. The van der Waals surface area contributed by atoms with Crippen LogP contribution in [-0.2, 0) is 19.1 Å². The van der Waals surface area contributed by atoms with Crippen LogP contribution in [0.5, 0.6) is 0 Å². The number of nitrogens with two attached hydrogens (primary N) is 2. The molecule has 0 spiro atoms. The van der Waals surface area contributed by atoms with E-state index in [0.29, 0.717) is 5.82 Å². The Morgan fingerprint density at radius 2 is 1.82 bits per heavy atom. The SMILES string of the molecule is B[C@H]1C[C@@H](COC(=O)CN)[C@@H](OC(=O)CN)C1. The minimum absolute atomic E-state index is 0.0519. The molecule has 1 rings (SSSR count). The highest BCUT2D eigenvalue weighted by Gasteiger charge is 2.35. The first-order valence-corrected chi connectivity index (χ1v) is 5.82. The van der Waals surface area contributed by atoms with Crippen molar-refractivity contribution in [2.45, 2.75) is 24.8 Å². The summed E-state index contributed by atoms with van der Waals surface area (Å²) in [5.41, 5.74) is 10.3. The second-order valence-electron chi connectivity index (χ2n) is 4.46. The van der Waals surface area contributed by atoms with Crippen molar-refractivity contribution < 1.29 is 19.1 Å². The predicted molar refractivity (Wildman–Crippen MR) is 64.0 cm³/mol. The summed E-state index contributed by atoms with van der Waals surface area (Å²) in [7, 11) is 2.08. The standard InChI is InChI=1S/C10H19BN2O4/c11-7-1-6(5-16-9(14)3-12)8(2-7)17-10(15)4-13/h6-8H,1-5,11-13H2/t6-,7-,8-/m0/s1. The first-order valence-electron chi connectivity index (χ1n) is 5.82. The molecule has 1 aliphatic rings. The maximum Gasteiger partial charge on any atom is 0.319 e. The van der Waals surface area contributed by atoms with E-state index in [1.807, 2.05) is 0 Å². The van der Waals surface area contributed by atoms with Crippen LogP contribution < -0.4 is 11.5 Å². The van der Waals surface area contributed by atoms with E-state index in [1.54, 1.807) is 0 Å². The number of carbonyl (C=O) groups is 2. The van der Waals surface area contributed by atoms with Crippen molar-refractivity contribution in [3.8, 4) is 0 Å². The summed E-state index contributed by atoms with van der Waals surface area (Å²) in [4.78, 5) is 22.1. The summed E-state index contributed by atoms with van der Waals surface area (Å²) in [6.07, 6.45) is 1.46. The van der Waals surface area contributed by atoms with Crippen molar-refractivity contribution >= 4 is 19.8 Å². The van der Waals surface area contributed by atoms with Crippen LogP contribution >= 0.6 is 0 Å². The van der Waals surface area contributed by atoms with Gasteiger partial charge in [0.1, 0.15) is 14.0 Å². The molecule has 17 heavy (non-hydrogen) atoms. The maximum absolute atomic E-state index is 11.1. The summed E-state index contributed by atoms with van der Waals surface area (Å²) in [5, 5.41) is 0. The third kappa shape index (κ3) is 4.36. The smallest absolute Gasteiger partial charge is 0.319 e. The number of rotatable bonds is 5. The second-order valence-corrected chi connectivity index (χ2v) is 4.46. The van der Waals surface area contributed by atoms with Gasteiger partial charge in [-0.1, -0.05) is 5.82 Å². The monoisotopic (exact) mass is 242 g/mol. The van der Waals surface area contributed by atoms with E-state index in [2.05, 4.69) is 7.85 Å².